The zero-order chi connectivity index (χ0) is 11.1. The molecule has 1 N–H and O–H groups in total. The van der Waals surface area contributed by atoms with Gasteiger partial charge in [0.15, 0.2) is 0 Å². The minimum Gasteiger partial charge on any atom is -0.460 e. The van der Waals surface area contributed by atoms with Crippen LogP contribution in [-0.2, 0) is 14.3 Å². The molecule has 0 fully saturated rings. The lowest BCUT2D eigenvalue weighted by Crippen LogP contribution is -2.31. The van der Waals surface area contributed by atoms with E-state index in [2.05, 4.69) is 11.9 Å². The van der Waals surface area contributed by atoms with Crippen LogP contribution in [0.4, 0.5) is 0 Å². The summed E-state index contributed by atoms with van der Waals surface area (Å²) in [5, 5.41) is 2.63. The minimum absolute atomic E-state index is 0.0450. The lowest BCUT2D eigenvalue weighted by atomic mass is 10.2. The number of hydrogen-bond acceptors (Lipinski definition) is 3. The predicted octanol–water partition coefficient (Wildman–Crippen LogP) is 0.878. The molecule has 0 saturated carbocycles. The van der Waals surface area contributed by atoms with Crippen molar-refractivity contribution in [3.8, 4) is 0 Å². The third-order valence-corrected chi connectivity index (χ3v) is 1.51. The van der Waals surface area contributed by atoms with E-state index in [0.717, 1.165) is 0 Å². The molecule has 80 valence electrons. The van der Waals surface area contributed by atoms with Gasteiger partial charge in [-0.2, -0.15) is 0 Å². The predicted molar refractivity (Wildman–Crippen MR) is 53.6 cm³/mol. The molecule has 0 radical (unpaired) electrons. The van der Waals surface area contributed by atoms with Crippen molar-refractivity contribution in [3.63, 3.8) is 0 Å². The Balaban J connectivity index is 3.52. The monoisotopic (exact) mass is 199 g/mol. The first-order valence-electron chi connectivity index (χ1n) is 4.55. The Kier molecular flexibility index (Phi) is 5.60. The minimum atomic E-state index is -0.427. The van der Waals surface area contributed by atoms with Crippen molar-refractivity contribution in [2.75, 3.05) is 13.2 Å². The summed E-state index contributed by atoms with van der Waals surface area (Å²) in [6, 6.07) is 0. The van der Waals surface area contributed by atoms with Crippen LogP contribution in [0.25, 0.3) is 0 Å². The maximum atomic E-state index is 11.1. The van der Waals surface area contributed by atoms with Crippen LogP contribution in [0.5, 0.6) is 0 Å². The highest BCUT2D eigenvalue weighted by Gasteiger charge is 2.06. The van der Waals surface area contributed by atoms with Gasteiger partial charge < -0.3 is 10.1 Å². The summed E-state index contributed by atoms with van der Waals surface area (Å²) >= 11 is 0. The van der Waals surface area contributed by atoms with Crippen LogP contribution in [0.1, 0.15) is 20.8 Å². The van der Waals surface area contributed by atoms with Crippen molar-refractivity contribution in [3.05, 3.63) is 12.2 Å². The largest absolute Gasteiger partial charge is 0.460 e. The number of esters is 1. The fraction of sp³-hybridized carbons (Fsp3) is 0.600. The van der Waals surface area contributed by atoms with Crippen molar-refractivity contribution in [1.29, 1.82) is 0 Å². The van der Waals surface area contributed by atoms with Gasteiger partial charge in [-0.25, -0.2) is 4.79 Å². The lowest BCUT2D eigenvalue weighted by molar-refractivity contribution is -0.139. The van der Waals surface area contributed by atoms with Gasteiger partial charge in [0.1, 0.15) is 6.61 Å². The molecule has 0 aliphatic rings. The Morgan fingerprint density at radius 1 is 1.43 bits per heavy atom. The van der Waals surface area contributed by atoms with E-state index in [1.165, 1.54) is 0 Å². The van der Waals surface area contributed by atoms with Gasteiger partial charge in [0.05, 0.1) is 6.54 Å². The van der Waals surface area contributed by atoms with E-state index in [1.54, 1.807) is 20.8 Å². The molecule has 0 atom stereocenters. The summed E-state index contributed by atoms with van der Waals surface area (Å²) in [5.74, 6) is -0.521. The summed E-state index contributed by atoms with van der Waals surface area (Å²) in [5.41, 5.74) is 0.361. The second-order valence-corrected chi connectivity index (χ2v) is 3.36. The molecule has 0 aromatic rings. The summed E-state index contributed by atoms with van der Waals surface area (Å²) in [7, 11) is 0. The van der Waals surface area contributed by atoms with E-state index in [4.69, 9.17) is 4.74 Å². The molecule has 0 bridgehead atoms. The molecule has 0 saturated heterocycles. The number of amides is 1. The van der Waals surface area contributed by atoms with Crippen molar-refractivity contribution < 1.29 is 14.3 Å². The van der Waals surface area contributed by atoms with Crippen LogP contribution in [-0.4, -0.2) is 25.0 Å². The first-order chi connectivity index (χ1) is 6.45. The van der Waals surface area contributed by atoms with Crippen molar-refractivity contribution in [2.45, 2.75) is 20.8 Å². The maximum Gasteiger partial charge on any atom is 0.333 e. The zero-order valence-corrected chi connectivity index (χ0v) is 8.92. The Hall–Kier alpha value is -1.32. The van der Waals surface area contributed by atoms with Crippen LogP contribution in [0.15, 0.2) is 12.2 Å². The topological polar surface area (TPSA) is 55.4 Å². The number of nitrogens with one attached hydrogen (secondary N) is 1. The zero-order valence-electron chi connectivity index (χ0n) is 8.92. The highest BCUT2D eigenvalue weighted by Crippen LogP contribution is 1.92. The first kappa shape index (κ1) is 12.7. The highest BCUT2D eigenvalue weighted by molar-refractivity contribution is 5.86. The Morgan fingerprint density at radius 3 is 2.43 bits per heavy atom. The molecule has 4 heteroatoms. The van der Waals surface area contributed by atoms with Crippen LogP contribution in [0.2, 0.25) is 0 Å². The molecular formula is C10H17NO3. The average Bonchev–Trinajstić information content (AvgIpc) is 2.11. The quantitative estimate of drug-likeness (QED) is 0.406. The maximum absolute atomic E-state index is 11.1. The Labute approximate surface area is 84.3 Å². The van der Waals surface area contributed by atoms with Crippen LogP contribution in [0, 0.1) is 5.92 Å². The smallest absolute Gasteiger partial charge is 0.333 e. The molecule has 1 amide bonds. The highest BCUT2D eigenvalue weighted by atomic mass is 16.5. The van der Waals surface area contributed by atoms with E-state index in [0.29, 0.717) is 12.1 Å². The van der Waals surface area contributed by atoms with E-state index >= 15 is 0 Å². The Morgan fingerprint density at radius 2 is 2.00 bits per heavy atom. The standard InChI is InChI=1S/C10H17NO3/c1-7(2)9(12)11-5-6-14-10(13)8(3)4/h7H,3,5-6H2,1-2,4H3,(H,11,12). The fourth-order valence-corrected chi connectivity index (χ4v) is 0.645. The van der Waals surface area contributed by atoms with Gasteiger partial charge in [0, 0.05) is 11.5 Å². The second kappa shape index (κ2) is 6.18. The summed E-state index contributed by atoms with van der Waals surface area (Å²) in [4.78, 5) is 21.9. The first-order valence-corrected chi connectivity index (χ1v) is 4.55. The number of hydrogen-bond donors (Lipinski definition) is 1. The third kappa shape index (κ3) is 5.35. The molecule has 14 heavy (non-hydrogen) atoms. The van der Waals surface area contributed by atoms with Crippen LogP contribution >= 0.6 is 0 Å². The summed E-state index contributed by atoms with van der Waals surface area (Å²) in [6.07, 6.45) is 0. The SMILES string of the molecule is C=C(C)C(=O)OCCNC(=O)C(C)C. The molecular weight excluding hydrogens is 182 g/mol. The second-order valence-electron chi connectivity index (χ2n) is 3.36. The molecule has 0 aromatic carbocycles. The van der Waals surface area contributed by atoms with Gasteiger partial charge in [0.25, 0.3) is 0 Å². The normalized spacial score (nSPS) is 9.71. The van der Waals surface area contributed by atoms with Gasteiger partial charge >= 0.3 is 5.97 Å². The number of carbonyl (C=O) groups excluding carboxylic acids is 2. The van der Waals surface area contributed by atoms with Gasteiger partial charge in [-0.15, -0.1) is 0 Å². The molecule has 0 unspecified atom stereocenters. The molecule has 0 spiro atoms. The molecule has 0 heterocycles. The Bertz CT molecular complexity index is 234. The van der Waals surface area contributed by atoms with Crippen molar-refractivity contribution in [2.24, 2.45) is 5.92 Å². The van der Waals surface area contributed by atoms with E-state index < -0.39 is 5.97 Å². The van der Waals surface area contributed by atoms with Crippen LogP contribution < -0.4 is 5.32 Å². The number of carbonyl (C=O) groups is 2. The van der Waals surface area contributed by atoms with E-state index in [9.17, 15) is 9.59 Å². The molecule has 0 aliphatic heterocycles. The number of rotatable bonds is 5. The number of ether oxygens (including phenoxy) is 1. The summed E-state index contributed by atoms with van der Waals surface area (Å²) < 4.78 is 4.78. The van der Waals surface area contributed by atoms with Gasteiger partial charge in [-0.1, -0.05) is 20.4 Å². The average molecular weight is 199 g/mol. The van der Waals surface area contributed by atoms with E-state index in [-0.39, 0.29) is 18.4 Å². The summed E-state index contributed by atoms with van der Waals surface area (Å²) in [6.45, 7) is 9.14. The third-order valence-electron chi connectivity index (χ3n) is 1.51. The molecule has 4 nitrogen and oxygen atoms in total. The van der Waals surface area contributed by atoms with E-state index in [1.807, 2.05) is 0 Å². The molecule has 0 aliphatic carbocycles. The van der Waals surface area contributed by atoms with Crippen molar-refractivity contribution in [1.82, 2.24) is 5.32 Å². The van der Waals surface area contributed by atoms with Gasteiger partial charge in [-0.05, 0) is 6.92 Å². The van der Waals surface area contributed by atoms with Gasteiger partial charge in [0.2, 0.25) is 5.91 Å². The fourth-order valence-electron chi connectivity index (χ4n) is 0.645. The molecule has 0 rings (SSSR count). The van der Waals surface area contributed by atoms with Crippen LogP contribution in [0.3, 0.4) is 0 Å². The van der Waals surface area contributed by atoms with Crippen molar-refractivity contribution >= 4 is 11.9 Å². The molecule has 0 aromatic heterocycles. The lowest BCUT2D eigenvalue weighted by Gasteiger charge is -2.07. The van der Waals surface area contributed by atoms with Gasteiger partial charge in [-0.3, -0.25) is 4.79 Å².